The van der Waals surface area contributed by atoms with Crippen LogP contribution in [0.3, 0.4) is 0 Å². The number of phosphoric ester groups is 2. The molecule has 0 amide bonds. The number of ether oxygens (including phenoxy) is 4. The van der Waals surface area contributed by atoms with Crippen molar-refractivity contribution in [3.8, 4) is 0 Å². The van der Waals surface area contributed by atoms with Crippen LogP contribution in [0.5, 0.6) is 0 Å². The van der Waals surface area contributed by atoms with E-state index in [0.29, 0.717) is 31.6 Å². The fourth-order valence-corrected chi connectivity index (χ4v) is 11.0. The lowest BCUT2D eigenvalue weighted by Gasteiger charge is -2.21. The van der Waals surface area contributed by atoms with Gasteiger partial charge in [-0.05, 0) is 49.4 Å². The predicted molar refractivity (Wildman–Crippen MR) is 331 cm³/mol. The van der Waals surface area contributed by atoms with Crippen LogP contribution in [-0.2, 0) is 65.4 Å². The highest BCUT2D eigenvalue weighted by Crippen LogP contribution is 2.45. The molecule has 0 spiro atoms. The number of hydrogen-bond acceptors (Lipinski definition) is 15. The molecule has 17 nitrogen and oxygen atoms in total. The first-order valence-electron chi connectivity index (χ1n) is 33.2. The number of aliphatic hydroxyl groups is 1. The monoisotopic (exact) mass is 1230 g/mol. The van der Waals surface area contributed by atoms with Gasteiger partial charge in [-0.2, -0.15) is 0 Å². The second kappa shape index (κ2) is 54.2. The molecule has 0 heterocycles. The Bertz CT molecular complexity index is 1660. The summed E-state index contributed by atoms with van der Waals surface area (Å²) < 4.78 is 68.0. The highest BCUT2D eigenvalue weighted by molar-refractivity contribution is 7.47. The zero-order valence-corrected chi connectivity index (χ0v) is 55.6. The van der Waals surface area contributed by atoms with Crippen LogP contribution in [-0.4, -0.2) is 96.7 Å². The Morgan fingerprint density at radius 3 is 0.855 bits per heavy atom. The summed E-state index contributed by atoms with van der Waals surface area (Å²) in [7, 11) is -9.89. The Morgan fingerprint density at radius 2 is 0.578 bits per heavy atom. The molecule has 0 aliphatic carbocycles. The van der Waals surface area contributed by atoms with E-state index < -0.39 is 97.5 Å². The molecule has 0 aliphatic heterocycles. The van der Waals surface area contributed by atoms with Crippen LogP contribution < -0.4 is 0 Å². The zero-order valence-electron chi connectivity index (χ0n) is 53.8. The largest absolute Gasteiger partial charge is 0.472 e. The average molecular weight is 1230 g/mol. The molecule has 0 aliphatic rings. The number of carbonyl (C=O) groups is 4. The van der Waals surface area contributed by atoms with E-state index in [-0.39, 0.29) is 25.7 Å². The fraction of sp³-hybridized carbons (Fsp3) is 0.938. The van der Waals surface area contributed by atoms with E-state index in [1.54, 1.807) is 0 Å². The van der Waals surface area contributed by atoms with Gasteiger partial charge in [-0.3, -0.25) is 37.3 Å². The van der Waals surface area contributed by atoms with Crippen LogP contribution in [0, 0.1) is 23.7 Å². The lowest BCUT2D eigenvalue weighted by atomic mass is 10.00. The fourth-order valence-electron chi connectivity index (χ4n) is 9.40. The van der Waals surface area contributed by atoms with Crippen molar-refractivity contribution in [2.24, 2.45) is 23.7 Å². The van der Waals surface area contributed by atoms with Gasteiger partial charge in [0.25, 0.3) is 0 Å². The quantitative estimate of drug-likeness (QED) is 0.0222. The van der Waals surface area contributed by atoms with Crippen LogP contribution in [0.4, 0.5) is 0 Å². The molecule has 492 valence electrons. The smallest absolute Gasteiger partial charge is 0.462 e. The van der Waals surface area contributed by atoms with Crippen LogP contribution in [0.1, 0.15) is 306 Å². The minimum atomic E-state index is -4.95. The van der Waals surface area contributed by atoms with Gasteiger partial charge < -0.3 is 33.8 Å². The summed E-state index contributed by atoms with van der Waals surface area (Å²) in [4.78, 5) is 72.2. The summed E-state index contributed by atoms with van der Waals surface area (Å²) in [6.45, 7) is 13.9. The maximum atomic E-state index is 13.0. The Morgan fingerprint density at radius 1 is 0.337 bits per heavy atom. The van der Waals surface area contributed by atoms with Gasteiger partial charge in [0.2, 0.25) is 0 Å². The summed E-state index contributed by atoms with van der Waals surface area (Å²) >= 11 is 0. The second-order valence-electron chi connectivity index (χ2n) is 24.8. The van der Waals surface area contributed by atoms with Crippen molar-refractivity contribution < 1.29 is 80.2 Å². The summed E-state index contributed by atoms with van der Waals surface area (Å²) in [5, 5.41) is 10.5. The number of esters is 4. The summed E-state index contributed by atoms with van der Waals surface area (Å²) in [6, 6.07) is 0. The maximum Gasteiger partial charge on any atom is 0.472 e. The number of unbranched alkanes of at least 4 members (excludes halogenated alkanes) is 26. The Labute approximate surface area is 505 Å². The minimum Gasteiger partial charge on any atom is -0.462 e. The third kappa shape index (κ3) is 57.6. The number of aliphatic hydroxyl groups excluding tert-OH is 1. The highest BCUT2D eigenvalue weighted by Gasteiger charge is 2.30. The molecule has 0 fully saturated rings. The van der Waals surface area contributed by atoms with Gasteiger partial charge in [-0.15, -0.1) is 0 Å². The molecular weight excluding hydrogens is 1100 g/mol. The molecule has 0 rings (SSSR count). The van der Waals surface area contributed by atoms with Crippen LogP contribution in [0.2, 0.25) is 0 Å². The number of phosphoric acid groups is 2. The van der Waals surface area contributed by atoms with E-state index in [1.807, 2.05) is 0 Å². The minimum absolute atomic E-state index is 0.103. The van der Waals surface area contributed by atoms with Crippen molar-refractivity contribution in [2.45, 2.75) is 324 Å². The predicted octanol–water partition coefficient (Wildman–Crippen LogP) is 17.4. The van der Waals surface area contributed by atoms with Gasteiger partial charge >= 0.3 is 39.5 Å². The van der Waals surface area contributed by atoms with Crippen LogP contribution >= 0.6 is 15.6 Å². The van der Waals surface area contributed by atoms with E-state index in [1.165, 1.54) is 96.3 Å². The van der Waals surface area contributed by atoms with Crippen molar-refractivity contribution in [3.05, 3.63) is 0 Å². The first-order valence-corrected chi connectivity index (χ1v) is 36.2. The van der Waals surface area contributed by atoms with Crippen molar-refractivity contribution in [3.63, 3.8) is 0 Å². The molecule has 19 heteroatoms. The van der Waals surface area contributed by atoms with Gasteiger partial charge in [-0.25, -0.2) is 9.13 Å². The van der Waals surface area contributed by atoms with Gasteiger partial charge in [0.05, 0.1) is 26.4 Å². The Balaban J connectivity index is 5.26. The molecule has 4 unspecified atom stereocenters. The highest BCUT2D eigenvalue weighted by atomic mass is 31.2. The maximum absolute atomic E-state index is 13.0. The van der Waals surface area contributed by atoms with Gasteiger partial charge in [0, 0.05) is 25.7 Å². The van der Waals surface area contributed by atoms with Crippen molar-refractivity contribution in [1.29, 1.82) is 0 Å². The van der Waals surface area contributed by atoms with E-state index in [0.717, 1.165) is 120 Å². The Hall–Kier alpha value is -1.94. The van der Waals surface area contributed by atoms with Gasteiger partial charge in [0.15, 0.2) is 12.2 Å². The van der Waals surface area contributed by atoms with E-state index >= 15 is 0 Å². The van der Waals surface area contributed by atoms with Gasteiger partial charge in [0.1, 0.15) is 19.3 Å². The first-order chi connectivity index (χ1) is 39.6. The van der Waals surface area contributed by atoms with Crippen LogP contribution in [0.15, 0.2) is 0 Å². The first kappa shape index (κ1) is 81.1. The molecule has 0 aromatic heterocycles. The number of rotatable bonds is 61. The van der Waals surface area contributed by atoms with Crippen LogP contribution in [0.25, 0.3) is 0 Å². The topological polar surface area (TPSA) is 237 Å². The molecule has 0 bridgehead atoms. The molecule has 3 N–H and O–H groups in total. The summed E-state index contributed by atoms with van der Waals surface area (Å²) in [6.07, 6.45) is 33.6. The molecule has 0 aromatic rings. The molecule has 0 aromatic carbocycles. The third-order valence-electron chi connectivity index (χ3n) is 14.9. The van der Waals surface area contributed by atoms with Crippen molar-refractivity contribution >= 4 is 39.5 Å². The third-order valence-corrected chi connectivity index (χ3v) is 16.8. The van der Waals surface area contributed by atoms with E-state index in [2.05, 4.69) is 55.4 Å². The lowest BCUT2D eigenvalue weighted by molar-refractivity contribution is -0.161. The molecule has 0 radical (unpaired) electrons. The number of carbonyl (C=O) groups excluding carboxylic acids is 4. The summed E-state index contributed by atoms with van der Waals surface area (Å²) in [5.41, 5.74) is 0. The molecule has 83 heavy (non-hydrogen) atoms. The van der Waals surface area contributed by atoms with Gasteiger partial charge in [-0.1, -0.05) is 254 Å². The normalized spacial score (nSPS) is 14.8. The average Bonchev–Trinajstić information content (AvgIpc) is 3.46. The van der Waals surface area contributed by atoms with Crippen molar-refractivity contribution in [1.82, 2.24) is 0 Å². The summed E-state index contributed by atoms with van der Waals surface area (Å²) in [5.74, 6) is 0.749. The molecule has 6 atom stereocenters. The SMILES string of the molecule is CCC(C)CCCCCCCCC(=O)OC[C@H](COP(=O)(O)OCC(O)COP(=O)(O)OC[C@@H](COC(=O)CCCCCCCCCC(C)C)OC(=O)CCCCCCCCCCC(C)C)OC(=O)CCCCCCCCCCCC(C)C. The zero-order chi connectivity index (χ0) is 61.8. The molecule has 0 saturated carbocycles. The molecule has 0 saturated heterocycles. The lowest BCUT2D eigenvalue weighted by Crippen LogP contribution is -2.30. The number of hydrogen-bond donors (Lipinski definition) is 3. The molecular formula is C64H124O17P2. The second-order valence-corrected chi connectivity index (χ2v) is 27.7. The van der Waals surface area contributed by atoms with E-state index in [4.69, 9.17) is 37.0 Å². The van der Waals surface area contributed by atoms with E-state index in [9.17, 15) is 43.2 Å². The van der Waals surface area contributed by atoms with Crippen molar-refractivity contribution in [2.75, 3.05) is 39.6 Å². The standard InChI is InChI=1S/C64H124O17P2/c1-9-57(8)43-35-27-22-23-29-37-45-62(67)75-51-60(80-63(68)46-38-30-19-12-10-11-16-24-32-40-54(2)3)53-79-83(72,73)77-49-58(65)48-76-82(70,71)78-52-59(50-74-61(66)44-36-28-21-15-18-26-34-42-56(6)7)81-64(69)47-39-31-20-14-13-17-25-33-41-55(4)5/h54-60,65H,9-53H2,1-8H3,(H,70,71)(H,72,73)/t57?,58?,59-,60-/m1/s1. The Kier molecular flexibility index (Phi) is 53.0.